The minimum atomic E-state index is 0.244. The molecule has 1 aromatic heterocycles. The lowest BCUT2D eigenvalue weighted by atomic mass is 9.76. The first-order valence-corrected chi connectivity index (χ1v) is 9.82. The second-order valence-electron chi connectivity index (χ2n) is 7.93. The van der Waals surface area contributed by atoms with Gasteiger partial charge in [-0.05, 0) is 48.3 Å². The molecule has 0 amide bonds. The summed E-state index contributed by atoms with van der Waals surface area (Å²) in [6.45, 7) is 9.21. The fraction of sp³-hybridized carbons (Fsp3) is 0.600. The molecule has 3 nitrogen and oxygen atoms in total. The van der Waals surface area contributed by atoms with Crippen LogP contribution >= 0.6 is 23.2 Å². The van der Waals surface area contributed by atoms with Crippen molar-refractivity contribution in [2.45, 2.75) is 65.8 Å². The molecule has 0 aliphatic rings. The highest BCUT2D eigenvalue weighted by atomic mass is 35.5. The monoisotopic (exact) mass is 381 g/mol. The van der Waals surface area contributed by atoms with Crippen molar-refractivity contribution in [1.29, 1.82) is 0 Å². The Morgan fingerprint density at radius 3 is 2.48 bits per heavy atom. The molecule has 0 N–H and O–H groups in total. The van der Waals surface area contributed by atoms with Gasteiger partial charge in [0.2, 0.25) is 0 Å². The molecular weight excluding hydrogens is 353 g/mol. The summed E-state index contributed by atoms with van der Waals surface area (Å²) in [4.78, 5) is 4.13. The summed E-state index contributed by atoms with van der Waals surface area (Å²) in [6, 6.07) is 6.16. The first-order valence-electron chi connectivity index (χ1n) is 9.07. The van der Waals surface area contributed by atoms with Gasteiger partial charge in [-0.3, -0.25) is 0 Å². The highest BCUT2D eigenvalue weighted by Crippen LogP contribution is 2.37. The molecule has 0 fully saturated rings. The van der Waals surface area contributed by atoms with Crippen LogP contribution in [0.5, 0.6) is 0 Å². The van der Waals surface area contributed by atoms with Gasteiger partial charge in [-0.2, -0.15) is 5.10 Å². The fourth-order valence-electron chi connectivity index (χ4n) is 3.15. The van der Waals surface area contributed by atoms with Crippen molar-refractivity contribution >= 4 is 23.2 Å². The van der Waals surface area contributed by atoms with Gasteiger partial charge in [0.25, 0.3) is 0 Å². The average molecular weight is 382 g/mol. The Morgan fingerprint density at radius 2 is 1.88 bits per heavy atom. The molecular formula is C20H29Cl2N3. The van der Waals surface area contributed by atoms with Crippen LogP contribution in [0.2, 0.25) is 10.0 Å². The van der Waals surface area contributed by atoms with Gasteiger partial charge < -0.3 is 0 Å². The van der Waals surface area contributed by atoms with E-state index in [9.17, 15) is 0 Å². The number of hydrogen-bond donors (Lipinski definition) is 0. The van der Waals surface area contributed by atoms with Gasteiger partial charge in [-0.25, -0.2) is 9.67 Å². The smallest absolute Gasteiger partial charge is 0.137 e. The van der Waals surface area contributed by atoms with Gasteiger partial charge in [0, 0.05) is 10.0 Å². The SMILES string of the molecule is CC(C(CCCCCc1ccc(Cl)cc1Cl)n1cncn1)C(C)(C)C. The molecule has 2 rings (SSSR count). The normalized spacial score (nSPS) is 14.5. The lowest BCUT2D eigenvalue weighted by Gasteiger charge is -2.34. The van der Waals surface area contributed by atoms with Crippen molar-refractivity contribution < 1.29 is 0 Å². The molecule has 2 unspecified atom stereocenters. The first kappa shape index (κ1) is 20.3. The van der Waals surface area contributed by atoms with Crippen LogP contribution < -0.4 is 0 Å². The molecule has 138 valence electrons. The Hall–Kier alpha value is -1.06. The topological polar surface area (TPSA) is 30.7 Å². The number of rotatable bonds is 8. The molecule has 0 aliphatic heterocycles. The van der Waals surface area contributed by atoms with E-state index in [-0.39, 0.29) is 5.41 Å². The van der Waals surface area contributed by atoms with Crippen LogP contribution in [0.4, 0.5) is 0 Å². The predicted octanol–water partition coefficient (Wildman–Crippen LogP) is 6.61. The Labute approximate surface area is 161 Å². The summed E-state index contributed by atoms with van der Waals surface area (Å²) in [6.07, 6.45) is 9.09. The lowest BCUT2D eigenvalue weighted by molar-refractivity contribution is 0.159. The zero-order chi connectivity index (χ0) is 18.4. The van der Waals surface area contributed by atoms with Crippen molar-refractivity contribution in [2.24, 2.45) is 11.3 Å². The fourth-order valence-corrected chi connectivity index (χ4v) is 3.65. The summed E-state index contributed by atoms with van der Waals surface area (Å²) < 4.78 is 2.03. The number of hydrogen-bond acceptors (Lipinski definition) is 2. The zero-order valence-electron chi connectivity index (χ0n) is 15.7. The van der Waals surface area contributed by atoms with Crippen LogP contribution in [0.3, 0.4) is 0 Å². The van der Waals surface area contributed by atoms with Gasteiger partial charge in [-0.15, -0.1) is 0 Å². The quantitative estimate of drug-likeness (QED) is 0.481. The number of halogens is 2. The van der Waals surface area contributed by atoms with Crippen molar-refractivity contribution in [3.8, 4) is 0 Å². The molecule has 5 heteroatoms. The van der Waals surface area contributed by atoms with Crippen LogP contribution in [-0.2, 0) is 6.42 Å². The third-order valence-corrected chi connectivity index (χ3v) is 5.77. The zero-order valence-corrected chi connectivity index (χ0v) is 17.2. The molecule has 0 saturated carbocycles. The molecule has 0 spiro atoms. The number of unbranched alkanes of at least 4 members (excludes halogenated alkanes) is 2. The predicted molar refractivity (Wildman–Crippen MR) is 106 cm³/mol. The Kier molecular flexibility index (Phi) is 7.33. The van der Waals surface area contributed by atoms with E-state index in [0.717, 1.165) is 24.3 Å². The van der Waals surface area contributed by atoms with Crippen molar-refractivity contribution in [3.63, 3.8) is 0 Å². The van der Waals surface area contributed by atoms with E-state index >= 15 is 0 Å². The minimum absolute atomic E-state index is 0.244. The highest BCUT2D eigenvalue weighted by molar-refractivity contribution is 6.35. The number of aromatic nitrogens is 3. The molecule has 0 saturated heterocycles. The Morgan fingerprint density at radius 1 is 1.12 bits per heavy atom. The Balaban J connectivity index is 1.85. The second kappa shape index (κ2) is 9.05. The number of benzene rings is 1. The van der Waals surface area contributed by atoms with E-state index < -0.39 is 0 Å². The van der Waals surface area contributed by atoms with E-state index in [0.29, 0.717) is 17.0 Å². The van der Waals surface area contributed by atoms with Gasteiger partial charge in [-0.1, -0.05) is 69.8 Å². The molecule has 1 heterocycles. The summed E-state index contributed by atoms with van der Waals surface area (Å²) in [5.74, 6) is 0.528. The van der Waals surface area contributed by atoms with Crippen LogP contribution in [0, 0.1) is 11.3 Å². The minimum Gasteiger partial charge on any atom is -0.250 e. The van der Waals surface area contributed by atoms with E-state index in [1.54, 1.807) is 6.33 Å². The summed E-state index contributed by atoms with van der Waals surface area (Å²) in [7, 11) is 0. The maximum Gasteiger partial charge on any atom is 0.137 e. The molecule has 1 aromatic carbocycles. The van der Waals surface area contributed by atoms with Crippen LogP contribution in [0.1, 0.15) is 65.0 Å². The third kappa shape index (κ3) is 6.00. The first-order chi connectivity index (χ1) is 11.8. The lowest BCUT2D eigenvalue weighted by Crippen LogP contribution is -2.28. The second-order valence-corrected chi connectivity index (χ2v) is 8.78. The molecule has 25 heavy (non-hydrogen) atoms. The van der Waals surface area contributed by atoms with Gasteiger partial charge in [0.15, 0.2) is 0 Å². The van der Waals surface area contributed by atoms with E-state index in [1.165, 1.54) is 18.4 Å². The summed E-state index contributed by atoms with van der Waals surface area (Å²) >= 11 is 12.2. The largest absolute Gasteiger partial charge is 0.250 e. The van der Waals surface area contributed by atoms with Crippen molar-refractivity contribution in [2.75, 3.05) is 0 Å². The van der Waals surface area contributed by atoms with E-state index in [2.05, 4.69) is 37.8 Å². The molecule has 2 aromatic rings. The van der Waals surface area contributed by atoms with Crippen LogP contribution in [0.15, 0.2) is 30.9 Å². The van der Waals surface area contributed by atoms with Crippen molar-refractivity contribution in [1.82, 2.24) is 14.8 Å². The van der Waals surface area contributed by atoms with Gasteiger partial charge in [0.1, 0.15) is 12.7 Å². The highest BCUT2D eigenvalue weighted by Gasteiger charge is 2.29. The van der Waals surface area contributed by atoms with Crippen molar-refractivity contribution in [3.05, 3.63) is 46.5 Å². The molecule has 0 radical (unpaired) electrons. The molecule has 0 bridgehead atoms. The van der Waals surface area contributed by atoms with Gasteiger partial charge in [0.05, 0.1) is 6.04 Å². The third-order valence-electron chi connectivity index (χ3n) is 5.18. The number of nitrogens with zero attached hydrogens (tertiary/aromatic N) is 3. The Bertz CT molecular complexity index is 647. The molecule has 2 atom stereocenters. The maximum atomic E-state index is 6.25. The standard InChI is InChI=1S/C20H29Cl2N3/c1-15(20(2,3)4)19(25-14-23-13-24-25)9-7-5-6-8-16-10-11-17(21)12-18(16)22/h10-15,19H,5-9H2,1-4H3. The number of aryl methyl sites for hydroxylation is 1. The van der Waals surface area contributed by atoms with E-state index in [1.807, 2.05) is 29.2 Å². The summed E-state index contributed by atoms with van der Waals surface area (Å²) in [5, 5.41) is 5.86. The van der Waals surface area contributed by atoms with Crippen LogP contribution in [0.25, 0.3) is 0 Å². The average Bonchev–Trinajstić information content (AvgIpc) is 3.05. The van der Waals surface area contributed by atoms with Gasteiger partial charge >= 0.3 is 0 Å². The molecule has 0 aliphatic carbocycles. The van der Waals surface area contributed by atoms with Crippen LogP contribution in [-0.4, -0.2) is 14.8 Å². The maximum absolute atomic E-state index is 6.25. The summed E-state index contributed by atoms with van der Waals surface area (Å²) in [5.41, 5.74) is 1.43. The van der Waals surface area contributed by atoms with E-state index in [4.69, 9.17) is 23.2 Å².